The number of carbonyl (C=O) groups is 2. The smallest absolute Gasteiger partial charge is 0.275 e. The van der Waals surface area contributed by atoms with E-state index in [1.54, 1.807) is 4.90 Å². The van der Waals surface area contributed by atoms with Gasteiger partial charge in [0.2, 0.25) is 5.91 Å². The number of aromatic amines is 1. The summed E-state index contributed by atoms with van der Waals surface area (Å²) in [6, 6.07) is 5.91. The number of carbonyl (C=O) groups excluding carboxylic acids is 2. The average Bonchev–Trinajstić information content (AvgIpc) is 3.10. The highest BCUT2D eigenvalue weighted by Crippen LogP contribution is 2.24. The summed E-state index contributed by atoms with van der Waals surface area (Å²) >= 11 is 0. The van der Waals surface area contributed by atoms with E-state index in [4.69, 9.17) is 4.74 Å². The van der Waals surface area contributed by atoms with Crippen molar-refractivity contribution < 1.29 is 14.3 Å². The summed E-state index contributed by atoms with van der Waals surface area (Å²) in [5.74, 6) is -0.0763. The molecule has 2 aliphatic heterocycles. The molecule has 1 atom stereocenters. The largest absolute Gasteiger partial charge is 0.378 e. The van der Waals surface area contributed by atoms with E-state index >= 15 is 0 Å². The molecule has 26 heavy (non-hydrogen) atoms. The third-order valence-corrected chi connectivity index (χ3v) is 5.30. The van der Waals surface area contributed by atoms with Gasteiger partial charge in [0.25, 0.3) is 5.91 Å². The molecule has 0 radical (unpaired) electrons. The van der Waals surface area contributed by atoms with Gasteiger partial charge < -0.3 is 14.5 Å². The first-order chi connectivity index (χ1) is 12.6. The maximum Gasteiger partial charge on any atom is 0.275 e. The van der Waals surface area contributed by atoms with E-state index in [1.807, 2.05) is 30.0 Å². The molecule has 1 unspecified atom stereocenters. The highest BCUT2D eigenvalue weighted by atomic mass is 16.5. The number of ether oxygens (including phenoxy) is 1. The Balaban J connectivity index is 1.50. The molecule has 1 N–H and O–H groups in total. The van der Waals surface area contributed by atoms with Crippen molar-refractivity contribution in [3.63, 3.8) is 0 Å². The van der Waals surface area contributed by atoms with Crippen molar-refractivity contribution in [1.29, 1.82) is 0 Å². The molecule has 2 aromatic rings. The Kier molecular flexibility index (Phi) is 4.63. The van der Waals surface area contributed by atoms with Gasteiger partial charge in [-0.3, -0.25) is 14.7 Å². The van der Waals surface area contributed by atoms with Gasteiger partial charge in [0.05, 0.1) is 24.6 Å². The number of H-pyrrole nitrogens is 1. The van der Waals surface area contributed by atoms with Crippen LogP contribution in [0, 0.1) is 12.8 Å². The van der Waals surface area contributed by atoms with E-state index in [2.05, 4.69) is 10.2 Å². The zero-order valence-electron chi connectivity index (χ0n) is 15.0. The second kappa shape index (κ2) is 7.07. The topological polar surface area (TPSA) is 78.5 Å². The van der Waals surface area contributed by atoms with E-state index < -0.39 is 0 Å². The molecule has 0 spiro atoms. The van der Waals surface area contributed by atoms with Crippen LogP contribution in [0.5, 0.6) is 0 Å². The lowest BCUT2D eigenvalue weighted by Gasteiger charge is -2.36. The molecule has 2 amide bonds. The van der Waals surface area contributed by atoms with Gasteiger partial charge in [0, 0.05) is 31.6 Å². The summed E-state index contributed by atoms with van der Waals surface area (Å²) in [6.45, 7) is 5.62. The quantitative estimate of drug-likeness (QED) is 0.886. The molecule has 3 heterocycles. The number of benzene rings is 1. The van der Waals surface area contributed by atoms with Gasteiger partial charge in [0.15, 0.2) is 5.69 Å². The van der Waals surface area contributed by atoms with Crippen LogP contribution in [0.1, 0.15) is 28.9 Å². The predicted octanol–water partition coefficient (Wildman–Crippen LogP) is 1.58. The van der Waals surface area contributed by atoms with E-state index in [9.17, 15) is 9.59 Å². The number of piperidine rings is 1. The molecule has 138 valence electrons. The van der Waals surface area contributed by atoms with Crippen LogP contribution in [0.4, 0.5) is 0 Å². The van der Waals surface area contributed by atoms with Gasteiger partial charge in [-0.05, 0) is 31.9 Å². The fourth-order valence-electron chi connectivity index (χ4n) is 3.85. The predicted molar refractivity (Wildman–Crippen MR) is 96.9 cm³/mol. The van der Waals surface area contributed by atoms with Crippen LogP contribution in [0.2, 0.25) is 0 Å². The molecule has 7 heteroatoms. The SMILES string of the molecule is Cc1ccc2[nH]nc(C(=O)N3CCCC(C(=O)N4CCOCC4)C3)c2c1. The summed E-state index contributed by atoms with van der Waals surface area (Å²) in [6.07, 6.45) is 1.67. The van der Waals surface area contributed by atoms with Crippen molar-refractivity contribution in [2.45, 2.75) is 19.8 Å². The van der Waals surface area contributed by atoms with Crippen molar-refractivity contribution in [3.8, 4) is 0 Å². The number of aryl methyl sites for hydroxylation is 1. The maximum absolute atomic E-state index is 13.0. The lowest BCUT2D eigenvalue weighted by Crippen LogP contribution is -2.49. The highest BCUT2D eigenvalue weighted by molar-refractivity contribution is 6.05. The van der Waals surface area contributed by atoms with Crippen LogP contribution in [0.25, 0.3) is 10.9 Å². The molecule has 0 aliphatic carbocycles. The molecule has 2 aliphatic rings. The second-order valence-corrected chi connectivity index (χ2v) is 7.15. The van der Waals surface area contributed by atoms with E-state index in [1.165, 1.54) is 0 Å². The Hall–Kier alpha value is -2.41. The minimum atomic E-state index is -0.127. The molecule has 2 fully saturated rings. The molecule has 1 aromatic carbocycles. The first-order valence-electron chi connectivity index (χ1n) is 9.24. The van der Waals surface area contributed by atoms with Crippen LogP contribution in [-0.2, 0) is 9.53 Å². The van der Waals surface area contributed by atoms with E-state index in [-0.39, 0.29) is 17.7 Å². The number of hydrogen-bond donors (Lipinski definition) is 1. The molecule has 0 saturated carbocycles. The molecule has 1 aromatic heterocycles. The molecular weight excluding hydrogens is 332 g/mol. The van der Waals surface area contributed by atoms with Crippen molar-refractivity contribution in [2.24, 2.45) is 5.92 Å². The minimum Gasteiger partial charge on any atom is -0.378 e. The zero-order chi connectivity index (χ0) is 18.1. The maximum atomic E-state index is 13.0. The Morgan fingerprint density at radius 1 is 1.19 bits per heavy atom. The lowest BCUT2D eigenvalue weighted by molar-refractivity contribution is -0.141. The summed E-state index contributed by atoms with van der Waals surface area (Å²) in [4.78, 5) is 29.5. The Bertz CT molecular complexity index is 825. The van der Waals surface area contributed by atoms with Crippen LogP contribution in [0.15, 0.2) is 18.2 Å². The normalized spacial score (nSPS) is 21.2. The Morgan fingerprint density at radius 3 is 2.81 bits per heavy atom. The van der Waals surface area contributed by atoms with Gasteiger partial charge in [-0.2, -0.15) is 5.10 Å². The number of nitrogens with one attached hydrogen (secondary N) is 1. The van der Waals surface area contributed by atoms with Crippen LogP contribution < -0.4 is 0 Å². The third kappa shape index (κ3) is 3.19. The second-order valence-electron chi connectivity index (χ2n) is 7.15. The van der Waals surface area contributed by atoms with Gasteiger partial charge in [-0.25, -0.2) is 0 Å². The average molecular weight is 356 g/mol. The number of rotatable bonds is 2. The first-order valence-corrected chi connectivity index (χ1v) is 9.24. The molecule has 4 rings (SSSR count). The number of amides is 2. The fraction of sp³-hybridized carbons (Fsp3) is 0.526. The van der Waals surface area contributed by atoms with Crippen molar-refractivity contribution >= 4 is 22.7 Å². The summed E-state index contributed by atoms with van der Waals surface area (Å²) in [5, 5.41) is 8.02. The Morgan fingerprint density at radius 2 is 2.00 bits per heavy atom. The number of aromatic nitrogens is 2. The Labute approximate surface area is 152 Å². The number of likely N-dealkylation sites (tertiary alicyclic amines) is 1. The van der Waals surface area contributed by atoms with Crippen LogP contribution in [0.3, 0.4) is 0 Å². The van der Waals surface area contributed by atoms with Gasteiger partial charge in [-0.1, -0.05) is 11.6 Å². The molecule has 7 nitrogen and oxygen atoms in total. The standard InChI is InChI=1S/C19H24N4O3/c1-13-4-5-16-15(11-13)17(21-20-16)19(25)23-6-2-3-14(12-23)18(24)22-7-9-26-10-8-22/h4-5,11,14H,2-3,6-10,12H2,1H3,(H,20,21). The van der Waals surface area contributed by atoms with E-state index in [0.29, 0.717) is 45.1 Å². The summed E-state index contributed by atoms with van der Waals surface area (Å²) < 4.78 is 5.33. The highest BCUT2D eigenvalue weighted by Gasteiger charge is 2.33. The third-order valence-electron chi connectivity index (χ3n) is 5.30. The summed E-state index contributed by atoms with van der Waals surface area (Å²) in [7, 11) is 0. The molecule has 2 saturated heterocycles. The van der Waals surface area contributed by atoms with Crippen molar-refractivity contribution in [1.82, 2.24) is 20.0 Å². The number of morpholine rings is 1. The van der Waals surface area contributed by atoms with Crippen molar-refractivity contribution in [3.05, 3.63) is 29.5 Å². The fourth-order valence-corrected chi connectivity index (χ4v) is 3.85. The minimum absolute atomic E-state index is 0.0960. The van der Waals surface area contributed by atoms with Gasteiger partial charge in [0.1, 0.15) is 0 Å². The lowest BCUT2D eigenvalue weighted by atomic mass is 9.96. The first kappa shape index (κ1) is 17.0. The number of hydrogen-bond acceptors (Lipinski definition) is 4. The number of nitrogens with zero attached hydrogens (tertiary/aromatic N) is 3. The van der Waals surface area contributed by atoms with Crippen molar-refractivity contribution in [2.75, 3.05) is 39.4 Å². The molecule has 0 bridgehead atoms. The number of fused-ring (bicyclic) bond motifs is 1. The van der Waals surface area contributed by atoms with Crippen LogP contribution in [-0.4, -0.2) is 71.2 Å². The van der Waals surface area contributed by atoms with Gasteiger partial charge in [-0.15, -0.1) is 0 Å². The summed E-state index contributed by atoms with van der Waals surface area (Å²) in [5.41, 5.74) is 2.40. The van der Waals surface area contributed by atoms with E-state index in [0.717, 1.165) is 29.3 Å². The monoisotopic (exact) mass is 356 g/mol. The zero-order valence-corrected chi connectivity index (χ0v) is 15.0. The molecular formula is C19H24N4O3. The van der Waals surface area contributed by atoms with Gasteiger partial charge >= 0.3 is 0 Å². The van der Waals surface area contributed by atoms with Crippen LogP contribution >= 0.6 is 0 Å².